The third kappa shape index (κ3) is 4.45. The quantitative estimate of drug-likeness (QED) is 0.727. The molecule has 0 saturated heterocycles. The smallest absolute Gasteiger partial charge is 0.497 e. The summed E-state index contributed by atoms with van der Waals surface area (Å²) in [7, 11) is 3.20. The van der Waals surface area contributed by atoms with Crippen LogP contribution in [-0.2, 0) is 6.54 Å². The summed E-state index contributed by atoms with van der Waals surface area (Å²) in [5, 5.41) is 0. The minimum absolute atomic E-state index is 0.171. The topological polar surface area (TPSA) is 12.5 Å². The Bertz CT molecular complexity index is 403. The Balaban J connectivity index is 2.54. The van der Waals surface area contributed by atoms with E-state index >= 15 is 0 Å². The van der Waals surface area contributed by atoms with Crippen molar-refractivity contribution >= 4 is 6.98 Å². The highest BCUT2D eigenvalue weighted by Crippen LogP contribution is 2.19. The van der Waals surface area contributed by atoms with Crippen molar-refractivity contribution in [2.24, 2.45) is 0 Å². The number of nitrogens with zero attached hydrogens (tertiary/aromatic N) is 1. The van der Waals surface area contributed by atoms with E-state index in [1.165, 1.54) is 0 Å². The van der Waals surface area contributed by atoms with Crippen LogP contribution >= 0.6 is 0 Å². The average molecular weight is 258 g/mol. The van der Waals surface area contributed by atoms with Crippen molar-refractivity contribution in [3.63, 3.8) is 0 Å². The molecule has 0 aromatic heterocycles. The molecule has 0 saturated carbocycles. The summed E-state index contributed by atoms with van der Waals surface area (Å²) in [5.74, 6) is 0.726. The van der Waals surface area contributed by atoms with E-state index in [0.29, 0.717) is 6.54 Å². The van der Waals surface area contributed by atoms with Crippen LogP contribution in [0.25, 0.3) is 0 Å². The lowest BCUT2D eigenvalue weighted by Crippen LogP contribution is -2.29. The average Bonchev–Trinajstić information content (AvgIpc) is 2.28. The minimum Gasteiger partial charge on any atom is -0.497 e. The number of halogens is 3. The normalized spacial score (nSPS) is 11.7. The molecule has 100 valence electrons. The van der Waals surface area contributed by atoms with Crippen LogP contribution in [0.2, 0.25) is 0 Å². The molecule has 0 atom stereocenters. The molecule has 1 aromatic carbocycles. The van der Waals surface area contributed by atoms with Crippen LogP contribution in [0.5, 0.6) is 5.75 Å². The maximum Gasteiger partial charge on any atom is 0.506 e. The molecule has 0 N–H and O–H groups in total. The Labute approximate surface area is 105 Å². The van der Waals surface area contributed by atoms with Crippen molar-refractivity contribution in [3.05, 3.63) is 41.9 Å². The van der Waals surface area contributed by atoms with Gasteiger partial charge in [0.2, 0.25) is 0 Å². The Hall–Kier alpha value is -1.43. The van der Waals surface area contributed by atoms with Crippen LogP contribution in [0.4, 0.5) is 12.9 Å². The Kier molecular flexibility index (Phi) is 4.84. The molecular weight excluding hydrogens is 242 g/mol. The number of ether oxygens (including phenoxy) is 1. The first-order chi connectivity index (χ1) is 8.32. The third-order valence-corrected chi connectivity index (χ3v) is 2.55. The molecule has 6 heteroatoms. The molecule has 0 amide bonds. The Morgan fingerprint density at radius 2 is 1.83 bits per heavy atom. The lowest BCUT2D eigenvalue weighted by atomic mass is 9.80. The summed E-state index contributed by atoms with van der Waals surface area (Å²) in [5.41, 5.74) is 0.256. The van der Waals surface area contributed by atoms with E-state index < -0.39 is 12.4 Å². The molecule has 1 rings (SSSR count). The number of likely N-dealkylation sites (N-methyl/N-ethyl adjacent to an activating group) is 1. The van der Waals surface area contributed by atoms with Gasteiger partial charge in [0.25, 0.3) is 0 Å². The van der Waals surface area contributed by atoms with Gasteiger partial charge in [0.1, 0.15) is 5.75 Å². The molecule has 0 bridgehead atoms. The highest BCUT2D eigenvalue weighted by molar-refractivity contribution is 6.66. The van der Waals surface area contributed by atoms with Crippen molar-refractivity contribution in [3.8, 4) is 5.75 Å². The van der Waals surface area contributed by atoms with E-state index in [9.17, 15) is 12.9 Å². The summed E-state index contributed by atoms with van der Waals surface area (Å²) < 4.78 is 42.1. The van der Waals surface area contributed by atoms with E-state index in [-0.39, 0.29) is 6.54 Å². The molecule has 0 aliphatic rings. The largest absolute Gasteiger partial charge is 0.506 e. The van der Waals surface area contributed by atoms with Crippen LogP contribution in [-0.4, -0.2) is 32.6 Å². The first kappa shape index (κ1) is 14.6. The van der Waals surface area contributed by atoms with Gasteiger partial charge in [0.15, 0.2) is 0 Å². The van der Waals surface area contributed by atoms with Crippen molar-refractivity contribution in [2.45, 2.75) is 6.54 Å². The number of hydrogen-bond donors (Lipinski definition) is 0. The van der Waals surface area contributed by atoms with Crippen molar-refractivity contribution < 1.29 is 17.7 Å². The highest BCUT2D eigenvalue weighted by Gasteiger charge is 2.27. The van der Waals surface area contributed by atoms with Gasteiger partial charge in [0.05, 0.1) is 7.11 Å². The zero-order valence-corrected chi connectivity index (χ0v) is 10.5. The number of rotatable bonds is 6. The minimum atomic E-state index is -4.95. The zero-order chi connectivity index (χ0) is 13.8. The van der Waals surface area contributed by atoms with Crippen LogP contribution in [0.15, 0.2) is 36.3 Å². The summed E-state index contributed by atoms with van der Waals surface area (Å²) in [6.07, 6.45) is 0. The Morgan fingerprint density at radius 1 is 1.28 bits per heavy atom. The van der Waals surface area contributed by atoms with Gasteiger partial charge in [-0.05, 0) is 31.3 Å². The molecule has 2 nitrogen and oxygen atoms in total. The predicted octanol–water partition coefficient (Wildman–Crippen LogP) is 3.07. The monoisotopic (exact) mass is 258 g/mol. The maximum absolute atomic E-state index is 12.4. The Morgan fingerprint density at radius 3 is 2.28 bits per heavy atom. The van der Waals surface area contributed by atoms with Gasteiger partial charge in [-0.25, -0.2) is 0 Å². The first-order valence-electron chi connectivity index (χ1n) is 5.52. The van der Waals surface area contributed by atoms with E-state index in [4.69, 9.17) is 4.74 Å². The van der Waals surface area contributed by atoms with Gasteiger partial charge < -0.3 is 22.6 Å². The summed E-state index contributed by atoms with van der Waals surface area (Å²) >= 11 is 0. The predicted molar refractivity (Wildman–Crippen MR) is 67.5 cm³/mol. The zero-order valence-electron chi connectivity index (χ0n) is 10.5. The van der Waals surface area contributed by atoms with Crippen molar-refractivity contribution in [2.75, 3.05) is 20.7 Å². The first-order valence-corrected chi connectivity index (χ1v) is 5.52. The summed E-state index contributed by atoms with van der Waals surface area (Å²) in [4.78, 5) is 1.58. The standard InChI is InChI=1S/C12H16BF3NO/c1-10(13(14,15)16)8-17(2)9-11-4-6-12(18-3)7-5-11/h4-7H,1,8-9H2,2-3H3/q-1. The highest BCUT2D eigenvalue weighted by atomic mass is 19.4. The van der Waals surface area contributed by atoms with E-state index in [1.807, 2.05) is 12.1 Å². The molecule has 0 radical (unpaired) electrons. The molecule has 0 fully saturated rings. The van der Waals surface area contributed by atoms with Crippen molar-refractivity contribution in [1.29, 1.82) is 0 Å². The number of benzene rings is 1. The molecular formula is C12H16BF3NO-. The second kappa shape index (κ2) is 5.95. The molecule has 0 aliphatic carbocycles. The SMILES string of the molecule is C=C(CN(C)Cc1ccc(OC)cc1)[B-](F)(F)F. The summed E-state index contributed by atoms with van der Waals surface area (Å²) in [6.45, 7) is -1.60. The number of hydrogen-bond acceptors (Lipinski definition) is 2. The molecule has 0 spiro atoms. The van der Waals surface area contributed by atoms with E-state index in [0.717, 1.165) is 11.3 Å². The van der Waals surface area contributed by atoms with Crippen LogP contribution in [0.3, 0.4) is 0 Å². The fourth-order valence-corrected chi connectivity index (χ4v) is 1.55. The number of methoxy groups -OCH3 is 1. The van der Waals surface area contributed by atoms with Gasteiger partial charge in [-0.2, -0.15) is 0 Å². The fourth-order valence-electron chi connectivity index (χ4n) is 1.55. The van der Waals surface area contributed by atoms with Gasteiger partial charge in [-0.3, -0.25) is 0 Å². The van der Waals surface area contributed by atoms with E-state index in [1.54, 1.807) is 31.2 Å². The van der Waals surface area contributed by atoms with Gasteiger partial charge >= 0.3 is 6.98 Å². The maximum atomic E-state index is 12.4. The fraction of sp³-hybridized carbons (Fsp3) is 0.333. The van der Waals surface area contributed by atoms with Gasteiger partial charge in [0, 0.05) is 6.54 Å². The lowest BCUT2D eigenvalue weighted by Gasteiger charge is -2.24. The van der Waals surface area contributed by atoms with Crippen LogP contribution in [0.1, 0.15) is 5.56 Å². The van der Waals surface area contributed by atoms with Gasteiger partial charge in [-0.1, -0.05) is 12.1 Å². The molecule has 0 aliphatic heterocycles. The third-order valence-electron chi connectivity index (χ3n) is 2.55. The summed E-state index contributed by atoms with van der Waals surface area (Å²) in [6, 6.07) is 7.23. The van der Waals surface area contributed by atoms with Crippen LogP contribution in [0, 0.1) is 0 Å². The molecule has 1 aromatic rings. The molecule has 0 unspecified atom stereocenters. The van der Waals surface area contributed by atoms with E-state index in [2.05, 4.69) is 6.58 Å². The lowest BCUT2D eigenvalue weighted by molar-refractivity contribution is 0.350. The second-order valence-electron chi connectivity index (χ2n) is 4.25. The second-order valence-corrected chi connectivity index (χ2v) is 4.25. The molecule has 0 heterocycles. The molecule has 18 heavy (non-hydrogen) atoms. The van der Waals surface area contributed by atoms with Crippen molar-refractivity contribution in [1.82, 2.24) is 4.90 Å². The van der Waals surface area contributed by atoms with Crippen LogP contribution < -0.4 is 4.74 Å². The van der Waals surface area contributed by atoms with Gasteiger partial charge in [-0.15, -0.1) is 12.1 Å².